The van der Waals surface area contributed by atoms with Gasteiger partial charge in [-0.25, -0.2) is 0 Å². The molecule has 36 heavy (non-hydrogen) atoms. The maximum Gasteiger partial charge on any atom is 0.258 e. The van der Waals surface area contributed by atoms with Crippen molar-refractivity contribution >= 4 is 34.8 Å². The summed E-state index contributed by atoms with van der Waals surface area (Å²) in [6.45, 7) is 3.61. The van der Waals surface area contributed by atoms with Crippen molar-refractivity contribution in [2.24, 2.45) is 0 Å². The number of carbonyl (C=O) groups excluding carboxylic acids is 3. The van der Waals surface area contributed by atoms with E-state index >= 15 is 0 Å². The van der Waals surface area contributed by atoms with Crippen LogP contribution in [0.5, 0.6) is 0 Å². The van der Waals surface area contributed by atoms with Crippen molar-refractivity contribution in [3.05, 3.63) is 90.0 Å². The number of para-hydroxylation sites is 1. The number of anilines is 3. The van der Waals surface area contributed by atoms with Crippen molar-refractivity contribution in [3.63, 3.8) is 0 Å². The van der Waals surface area contributed by atoms with Gasteiger partial charge in [0.1, 0.15) is 0 Å². The van der Waals surface area contributed by atoms with Crippen molar-refractivity contribution in [2.45, 2.75) is 13.3 Å². The molecule has 0 aromatic heterocycles. The third-order valence-corrected chi connectivity index (χ3v) is 5.43. The highest BCUT2D eigenvalue weighted by Gasteiger charge is 2.16. The number of ether oxygens (including phenoxy) is 1. The standard InChI is InChI=1S/C28H32N4O4/c1-3-32(25-11-5-4-6-12-25)28(35)22-9-7-10-24(19-22)30-20-26(33)31-23-15-13-21(14-16-23)27(34)29-17-8-18-36-2/h4-7,9-16,19,30H,3,8,17-18,20H2,1-2H3,(H,29,34)(H,31,33). The summed E-state index contributed by atoms with van der Waals surface area (Å²) in [6.07, 6.45) is 0.740. The van der Waals surface area contributed by atoms with Crippen LogP contribution in [0.2, 0.25) is 0 Å². The SMILES string of the molecule is CCN(C(=O)c1cccc(NCC(=O)Nc2ccc(C(=O)NCCCOC)cc2)c1)c1ccccc1. The Kier molecular flexibility index (Phi) is 10.0. The fraction of sp³-hybridized carbons (Fsp3) is 0.250. The smallest absolute Gasteiger partial charge is 0.258 e. The van der Waals surface area contributed by atoms with Gasteiger partial charge in [-0.15, -0.1) is 0 Å². The molecule has 0 heterocycles. The van der Waals surface area contributed by atoms with Crippen LogP contribution in [0.3, 0.4) is 0 Å². The molecule has 0 aliphatic rings. The van der Waals surface area contributed by atoms with E-state index in [0.29, 0.717) is 42.2 Å². The van der Waals surface area contributed by atoms with E-state index in [4.69, 9.17) is 4.74 Å². The van der Waals surface area contributed by atoms with E-state index in [1.807, 2.05) is 43.3 Å². The Hall–Kier alpha value is -4.17. The first-order chi connectivity index (χ1) is 17.5. The van der Waals surface area contributed by atoms with Crippen molar-refractivity contribution in [2.75, 3.05) is 48.9 Å². The second kappa shape index (κ2) is 13.7. The number of hydrogen-bond donors (Lipinski definition) is 3. The second-order valence-corrected chi connectivity index (χ2v) is 8.05. The molecule has 0 bridgehead atoms. The predicted octanol–water partition coefficient (Wildman–Crippen LogP) is 4.17. The Morgan fingerprint density at radius 1 is 0.861 bits per heavy atom. The second-order valence-electron chi connectivity index (χ2n) is 8.05. The van der Waals surface area contributed by atoms with Crippen molar-refractivity contribution in [3.8, 4) is 0 Å². The van der Waals surface area contributed by atoms with Crippen molar-refractivity contribution in [1.82, 2.24) is 5.32 Å². The van der Waals surface area contributed by atoms with Gasteiger partial charge in [0.15, 0.2) is 0 Å². The van der Waals surface area contributed by atoms with Crippen LogP contribution in [0.4, 0.5) is 17.1 Å². The average Bonchev–Trinajstić information content (AvgIpc) is 2.91. The first-order valence-corrected chi connectivity index (χ1v) is 11.9. The molecular weight excluding hydrogens is 456 g/mol. The summed E-state index contributed by atoms with van der Waals surface area (Å²) in [5, 5.41) is 8.68. The molecule has 3 aromatic rings. The molecule has 0 spiro atoms. The number of benzene rings is 3. The van der Waals surface area contributed by atoms with E-state index in [-0.39, 0.29) is 24.3 Å². The third-order valence-electron chi connectivity index (χ3n) is 5.43. The van der Waals surface area contributed by atoms with Gasteiger partial charge in [-0.3, -0.25) is 14.4 Å². The number of nitrogens with zero attached hydrogens (tertiary/aromatic N) is 1. The molecule has 0 aliphatic carbocycles. The lowest BCUT2D eigenvalue weighted by molar-refractivity contribution is -0.114. The molecular formula is C28H32N4O4. The molecule has 8 nitrogen and oxygen atoms in total. The van der Waals surface area contributed by atoms with Crippen LogP contribution in [0.1, 0.15) is 34.1 Å². The van der Waals surface area contributed by atoms with Gasteiger partial charge >= 0.3 is 0 Å². The van der Waals surface area contributed by atoms with Gasteiger partial charge in [-0.05, 0) is 67.9 Å². The number of methoxy groups -OCH3 is 1. The van der Waals surface area contributed by atoms with Crippen LogP contribution in [0, 0.1) is 0 Å². The van der Waals surface area contributed by atoms with Crippen LogP contribution < -0.4 is 20.9 Å². The van der Waals surface area contributed by atoms with Crippen LogP contribution in [-0.2, 0) is 9.53 Å². The quantitative estimate of drug-likeness (QED) is 0.332. The molecule has 0 saturated carbocycles. The Morgan fingerprint density at radius 2 is 1.61 bits per heavy atom. The number of carbonyl (C=O) groups is 3. The van der Waals surface area contributed by atoms with Gasteiger partial charge in [-0.1, -0.05) is 24.3 Å². The summed E-state index contributed by atoms with van der Waals surface area (Å²) in [5.41, 5.74) is 3.13. The highest BCUT2D eigenvalue weighted by Crippen LogP contribution is 2.19. The topological polar surface area (TPSA) is 99.8 Å². The van der Waals surface area contributed by atoms with Crippen LogP contribution in [0.15, 0.2) is 78.9 Å². The summed E-state index contributed by atoms with van der Waals surface area (Å²) < 4.78 is 4.96. The number of rotatable bonds is 12. The van der Waals surface area contributed by atoms with Crippen LogP contribution >= 0.6 is 0 Å². The summed E-state index contributed by atoms with van der Waals surface area (Å²) in [4.78, 5) is 39.3. The van der Waals surface area contributed by atoms with E-state index in [9.17, 15) is 14.4 Å². The molecule has 0 radical (unpaired) electrons. The summed E-state index contributed by atoms with van der Waals surface area (Å²) in [7, 11) is 1.62. The zero-order valence-corrected chi connectivity index (χ0v) is 20.6. The molecule has 3 rings (SSSR count). The Labute approximate surface area is 211 Å². The lowest BCUT2D eigenvalue weighted by atomic mass is 10.1. The zero-order chi connectivity index (χ0) is 25.8. The van der Waals surface area contributed by atoms with Gasteiger partial charge in [-0.2, -0.15) is 0 Å². The van der Waals surface area contributed by atoms with Gasteiger partial charge in [0.2, 0.25) is 5.91 Å². The number of hydrogen-bond acceptors (Lipinski definition) is 5. The third kappa shape index (κ3) is 7.68. The van der Waals surface area contributed by atoms with E-state index in [1.165, 1.54) is 0 Å². The molecule has 3 aromatic carbocycles. The van der Waals surface area contributed by atoms with E-state index in [0.717, 1.165) is 12.1 Å². The molecule has 0 saturated heterocycles. The molecule has 0 atom stereocenters. The van der Waals surface area contributed by atoms with Gasteiger partial charge in [0, 0.05) is 55.0 Å². The largest absolute Gasteiger partial charge is 0.385 e. The molecule has 3 N–H and O–H groups in total. The first kappa shape index (κ1) is 26.4. The van der Waals surface area contributed by atoms with Crippen molar-refractivity contribution < 1.29 is 19.1 Å². The molecule has 0 unspecified atom stereocenters. The summed E-state index contributed by atoms with van der Waals surface area (Å²) >= 11 is 0. The van der Waals surface area contributed by atoms with Crippen LogP contribution in [0.25, 0.3) is 0 Å². The lowest BCUT2D eigenvalue weighted by Crippen LogP contribution is -2.30. The maximum absolute atomic E-state index is 13.1. The molecule has 0 fully saturated rings. The molecule has 188 valence electrons. The average molecular weight is 489 g/mol. The zero-order valence-electron chi connectivity index (χ0n) is 20.6. The Bertz CT molecular complexity index is 1150. The van der Waals surface area contributed by atoms with Gasteiger partial charge in [0.25, 0.3) is 11.8 Å². The van der Waals surface area contributed by atoms with Gasteiger partial charge < -0.3 is 25.6 Å². The van der Waals surface area contributed by atoms with Crippen molar-refractivity contribution in [1.29, 1.82) is 0 Å². The minimum absolute atomic E-state index is 0.0234. The van der Waals surface area contributed by atoms with E-state index < -0.39 is 0 Å². The highest BCUT2D eigenvalue weighted by atomic mass is 16.5. The fourth-order valence-corrected chi connectivity index (χ4v) is 3.58. The molecule has 8 heteroatoms. The van der Waals surface area contributed by atoms with Crippen LogP contribution in [-0.4, -0.2) is 51.1 Å². The minimum atomic E-state index is -0.247. The van der Waals surface area contributed by atoms with E-state index in [2.05, 4.69) is 16.0 Å². The summed E-state index contributed by atoms with van der Waals surface area (Å²) in [5.74, 6) is -0.531. The molecule has 3 amide bonds. The Morgan fingerprint density at radius 3 is 2.31 bits per heavy atom. The predicted molar refractivity (Wildman–Crippen MR) is 143 cm³/mol. The maximum atomic E-state index is 13.1. The number of amides is 3. The monoisotopic (exact) mass is 488 g/mol. The first-order valence-electron chi connectivity index (χ1n) is 11.9. The highest BCUT2D eigenvalue weighted by molar-refractivity contribution is 6.06. The minimum Gasteiger partial charge on any atom is -0.385 e. The Balaban J connectivity index is 1.52. The normalized spacial score (nSPS) is 10.4. The lowest BCUT2D eigenvalue weighted by Gasteiger charge is -2.21. The van der Waals surface area contributed by atoms with Gasteiger partial charge in [0.05, 0.1) is 6.54 Å². The summed E-state index contributed by atoms with van der Waals surface area (Å²) in [6, 6.07) is 23.3. The number of nitrogens with one attached hydrogen (secondary N) is 3. The van der Waals surface area contributed by atoms with E-state index in [1.54, 1.807) is 54.5 Å². The molecule has 0 aliphatic heterocycles. The fourth-order valence-electron chi connectivity index (χ4n) is 3.58.